The van der Waals surface area contributed by atoms with Crippen LogP contribution in [0.3, 0.4) is 0 Å². The fourth-order valence-corrected chi connectivity index (χ4v) is 1.21. The fourth-order valence-electron chi connectivity index (χ4n) is 0.473. The first-order chi connectivity index (χ1) is 4.24. The molecule has 1 heterocycles. The van der Waals surface area contributed by atoms with Crippen LogP contribution in [-0.4, -0.2) is 17.2 Å². The van der Waals surface area contributed by atoms with Gasteiger partial charge >= 0.3 is 0 Å². The second-order valence-electron chi connectivity index (χ2n) is 1.44. The van der Waals surface area contributed by atoms with E-state index in [0.29, 0.717) is 5.76 Å². The monoisotopic (exact) mass is 146 g/mol. The second kappa shape index (κ2) is 2.18. The molecule has 0 aromatic carbocycles. The van der Waals surface area contributed by atoms with E-state index >= 15 is 0 Å². The van der Waals surface area contributed by atoms with Crippen LogP contribution in [0.5, 0.6) is 0 Å². The van der Waals surface area contributed by atoms with Gasteiger partial charge in [0.05, 0.1) is 12.5 Å². The van der Waals surface area contributed by atoms with E-state index in [4.69, 9.17) is 10.5 Å². The molecule has 1 rings (SSSR count). The van der Waals surface area contributed by atoms with Crippen LogP contribution in [-0.2, 0) is 15.7 Å². The van der Waals surface area contributed by atoms with Crippen molar-refractivity contribution in [1.29, 1.82) is 0 Å². The average Bonchev–Trinajstić information content (AvgIpc) is 2.10. The summed E-state index contributed by atoms with van der Waals surface area (Å²) in [6, 6.07) is 0. The molecule has 1 atom stereocenters. The Morgan fingerprint density at radius 3 is 2.78 bits per heavy atom. The van der Waals surface area contributed by atoms with Gasteiger partial charge in [-0.15, -0.1) is 0 Å². The first-order valence-corrected chi connectivity index (χ1v) is 3.42. The molecule has 0 aromatic heterocycles. The number of amidine groups is 1. The molecule has 0 aliphatic carbocycles. The molecule has 0 bridgehead atoms. The molecule has 0 saturated heterocycles. The normalized spacial score (nSPS) is 25.2. The zero-order valence-electron chi connectivity index (χ0n) is 4.83. The fraction of sp³-hybridized carbons (Fsp3) is 0.250. The van der Waals surface area contributed by atoms with E-state index in [2.05, 4.69) is 4.40 Å². The van der Waals surface area contributed by atoms with Gasteiger partial charge in [-0.25, -0.2) is 4.21 Å². The van der Waals surface area contributed by atoms with E-state index in [9.17, 15) is 4.21 Å². The highest BCUT2D eigenvalue weighted by Gasteiger charge is 2.12. The average molecular weight is 146 g/mol. The number of nitrogens with two attached hydrogens (primary N) is 1. The van der Waals surface area contributed by atoms with Gasteiger partial charge in [-0.05, 0) is 0 Å². The van der Waals surface area contributed by atoms with Crippen molar-refractivity contribution in [3.05, 3.63) is 11.2 Å². The highest BCUT2D eigenvalue weighted by Crippen LogP contribution is 2.07. The highest BCUT2D eigenvalue weighted by molar-refractivity contribution is 7.87. The molecule has 4 nitrogen and oxygen atoms in total. The Labute approximate surface area is 55.0 Å². The van der Waals surface area contributed by atoms with Crippen LogP contribution in [0.4, 0.5) is 0 Å². The number of rotatable bonds is 1. The van der Waals surface area contributed by atoms with Gasteiger partial charge in [0.25, 0.3) is 0 Å². The quantitative estimate of drug-likeness (QED) is 0.542. The Morgan fingerprint density at radius 1 is 1.89 bits per heavy atom. The molecule has 1 unspecified atom stereocenters. The molecule has 1 aliphatic rings. The topological polar surface area (TPSA) is 64.7 Å². The Hall–Kier alpha value is -0.840. The summed E-state index contributed by atoms with van der Waals surface area (Å²) >= 11 is 0. The molecule has 9 heavy (non-hydrogen) atoms. The first-order valence-electron chi connectivity index (χ1n) is 2.25. The van der Waals surface area contributed by atoms with Crippen molar-refractivity contribution in [3.8, 4) is 0 Å². The van der Waals surface area contributed by atoms with E-state index in [0.717, 1.165) is 0 Å². The van der Waals surface area contributed by atoms with E-state index in [1.165, 1.54) is 12.5 Å². The summed E-state index contributed by atoms with van der Waals surface area (Å²) in [6.45, 7) is 0. The summed E-state index contributed by atoms with van der Waals surface area (Å²) in [4.78, 5) is 0. The standard InChI is InChI=1S/C4H6N2O2S/c1-8-3-2-9(7)6-4(3)5/h2H,1H3,(H2,5,6). The molecule has 0 aromatic rings. The molecule has 0 amide bonds. The number of ether oxygens (including phenoxy) is 1. The summed E-state index contributed by atoms with van der Waals surface area (Å²) < 4.78 is 18.7. The van der Waals surface area contributed by atoms with Crippen LogP contribution in [0.15, 0.2) is 15.6 Å². The lowest BCUT2D eigenvalue weighted by molar-refractivity contribution is 0.316. The molecule has 5 heteroatoms. The number of methoxy groups -OCH3 is 1. The van der Waals surface area contributed by atoms with Crippen molar-refractivity contribution >= 4 is 16.8 Å². The summed E-state index contributed by atoms with van der Waals surface area (Å²) in [5.74, 6) is 0.601. The third kappa shape index (κ3) is 1.10. The van der Waals surface area contributed by atoms with Crippen molar-refractivity contribution in [2.24, 2.45) is 10.1 Å². The Kier molecular flexibility index (Phi) is 1.52. The lowest BCUT2D eigenvalue weighted by Gasteiger charge is -1.95. The Morgan fingerprint density at radius 2 is 2.56 bits per heavy atom. The molecule has 0 spiro atoms. The molecule has 0 fully saturated rings. The van der Waals surface area contributed by atoms with Crippen LogP contribution < -0.4 is 5.73 Å². The van der Waals surface area contributed by atoms with Crippen LogP contribution in [0.25, 0.3) is 0 Å². The smallest absolute Gasteiger partial charge is 0.177 e. The second-order valence-corrected chi connectivity index (χ2v) is 2.41. The lowest BCUT2D eigenvalue weighted by atomic mass is 10.5. The maximum absolute atomic E-state index is 10.5. The molecule has 2 N–H and O–H groups in total. The number of nitrogens with zero attached hydrogens (tertiary/aromatic N) is 1. The third-order valence-corrected chi connectivity index (χ3v) is 1.66. The summed E-state index contributed by atoms with van der Waals surface area (Å²) in [6.07, 6.45) is 0. The Balaban J connectivity index is 2.87. The van der Waals surface area contributed by atoms with Crippen molar-refractivity contribution in [2.75, 3.05) is 7.11 Å². The van der Waals surface area contributed by atoms with E-state index < -0.39 is 11.0 Å². The van der Waals surface area contributed by atoms with Gasteiger partial charge < -0.3 is 10.5 Å². The van der Waals surface area contributed by atoms with Gasteiger partial charge in [0.2, 0.25) is 0 Å². The minimum Gasteiger partial charge on any atom is -0.492 e. The SMILES string of the molecule is COC1=CS(=O)N=C1N. The predicted molar refractivity (Wildman–Crippen MR) is 34.9 cm³/mol. The van der Waals surface area contributed by atoms with Gasteiger partial charge in [-0.2, -0.15) is 4.40 Å². The zero-order chi connectivity index (χ0) is 6.85. The Bertz CT molecular complexity index is 209. The van der Waals surface area contributed by atoms with Gasteiger partial charge in [0, 0.05) is 0 Å². The summed E-state index contributed by atoms with van der Waals surface area (Å²) in [5.41, 5.74) is 5.24. The van der Waals surface area contributed by atoms with Gasteiger partial charge in [-0.1, -0.05) is 0 Å². The van der Waals surface area contributed by atoms with Crippen LogP contribution in [0.2, 0.25) is 0 Å². The molecular weight excluding hydrogens is 140 g/mol. The summed E-state index contributed by atoms with van der Waals surface area (Å²) in [7, 11) is 0.148. The molecule has 1 aliphatic heterocycles. The summed E-state index contributed by atoms with van der Waals surface area (Å²) in [5, 5.41) is 1.36. The molecule has 50 valence electrons. The predicted octanol–water partition coefficient (Wildman–Crippen LogP) is -0.491. The molecule has 0 saturated carbocycles. The molecule has 0 radical (unpaired) electrons. The highest BCUT2D eigenvalue weighted by atomic mass is 32.2. The lowest BCUT2D eigenvalue weighted by Crippen LogP contribution is -2.12. The number of hydrogen-bond acceptors (Lipinski definition) is 3. The van der Waals surface area contributed by atoms with Crippen LogP contribution >= 0.6 is 0 Å². The van der Waals surface area contributed by atoms with Crippen LogP contribution in [0.1, 0.15) is 0 Å². The zero-order valence-corrected chi connectivity index (χ0v) is 5.64. The van der Waals surface area contributed by atoms with Crippen molar-refractivity contribution in [3.63, 3.8) is 0 Å². The van der Waals surface area contributed by atoms with Crippen LogP contribution in [0, 0.1) is 0 Å². The maximum Gasteiger partial charge on any atom is 0.177 e. The van der Waals surface area contributed by atoms with Crippen molar-refractivity contribution in [2.45, 2.75) is 0 Å². The van der Waals surface area contributed by atoms with E-state index in [1.807, 2.05) is 0 Å². The van der Waals surface area contributed by atoms with Crippen molar-refractivity contribution in [1.82, 2.24) is 0 Å². The minimum absolute atomic E-state index is 0.204. The third-order valence-electron chi connectivity index (χ3n) is 0.869. The van der Waals surface area contributed by atoms with Gasteiger partial charge in [0.1, 0.15) is 0 Å². The van der Waals surface area contributed by atoms with E-state index in [1.54, 1.807) is 0 Å². The minimum atomic E-state index is -1.31. The maximum atomic E-state index is 10.5. The molecular formula is C4H6N2O2S. The van der Waals surface area contributed by atoms with Gasteiger partial charge in [-0.3, -0.25) is 0 Å². The number of hydrogen-bond donors (Lipinski definition) is 1. The van der Waals surface area contributed by atoms with E-state index in [-0.39, 0.29) is 5.84 Å². The largest absolute Gasteiger partial charge is 0.492 e. The first kappa shape index (κ1) is 6.28. The van der Waals surface area contributed by atoms with Crippen molar-refractivity contribution < 1.29 is 8.95 Å². The van der Waals surface area contributed by atoms with Gasteiger partial charge in [0.15, 0.2) is 22.6 Å².